The molecular weight excluding hydrogens is 372 g/mol. The van der Waals surface area contributed by atoms with Crippen LogP contribution in [0, 0.1) is 18.6 Å². The number of rotatable bonds is 5. The molecule has 1 fully saturated rings. The molecule has 2 N–H and O–H groups in total. The number of aryl methyl sites for hydroxylation is 1. The maximum absolute atomic E-state index is 14.0. The molecule has 3 rings (SSSR count). The molecular formula is C22H29F2N5. The third-order valence-corrected chi connectivity index (χ3v) is 5.33. The molecule has 5 nitrogen and oxygen atoms in total. The van der Waals surface area contributed by atoms with Gasteiger partial charge in [0.2, 0.25) is 0 Å². The number of hydrogen-bond donors (Lipinski definition) is 2. The van der Waals surface area contributed by atoms with Crippen molar-refractivity contribution in [2.75, 3.05) is 31.6 Å². The monoisotopic (exact) mass is 401 g/mol. The maximum Gasteiger partial charge on any atom is 0.191 e. The molecule has 0 bridgehead atoms. The molecule has 0 spiro atoms. The summed E-state index contributed by atoms with van der Waals surface area (Å²) in [6, 6.07) is 10.1. The molecule has 0 saturated carbocycles. The predicted molar refractivity (Wildman–Crippen MR) is 113 cm³/mol. The Morgan fingerprint density at radius 3 is 2.66 bits per heavy atom. The molecule has 1 atom stereocenters. The minimum atomic E-state index is -0.559. The van der Waals surface area contributed by atoms with E-state index in [1.165, 1.54) is 12.1 Å². The average Bonchev–Trinajstić information content (AvgIpc) is 2.71. The zero-order chi connectivity index (χ0) is 20.8. The summed E-state index contributed by atoms with van der Waals surface area (Å²) in [6.07, 6.45) is 1.97. The number of nitrogens with zero attached hydrogens (tertiary/aromatic N) is 3. The van der Waals surface area contributed by atoms with E-state index < -0.39 is 11.6 Å². The van der Waals surface area contributed by atoms with Crippen LogP contribution in [0.15, 0.2) is 41.4 Å². The van der Waals surface area contributed by atoms with Crippen molar-refractivity contribution in [3.8, 4) is 0 Å². The quantitative estimate of drug-likeness (QED) is 0.594. The summed E-state index contributed by atoms with van der Waals surface area (Å²) in [7, 11) is 1.73. The van der Waals surface area contributed by atoms with Gasteiger partial charge < -0.3 is 15.5 Å². The SMILES string of the molecule is CN=C(NCC(C)c1ccc(F)cc1F)NC1CCN(c2cccc(C)n2)CC1. The molecule has 1 aromatic heterocycles. The van der Waals surface area contributed by atoms with Gasteiger partial charge in [0.25, 0.3) is 0 Å². The van der Waals surface area contributed by atoms with Crippen LogP contribution in [0.4, 0.5) is 14.6 Å². The van der Waals surface area contributed by atoms with Crippen LogP contribution in [0.1, 0.15) is 36.9 Å². The Hall–Kier alpha value is -2.70. The highest BCUT2D eigenvalue weighted by Gasteiger charge is 2.21. The largest absolute Gasteiger partial charge is 0.356 e. The summed E-state index contributed by atoms with van der Waals surface area (Å²) in [6.45, 7) is 6.29. The van der Waals surface area contributed by atoms with Gasteiger partial charge in [-0.25, -0.2) is 13.8 Å². The minimum absolute atomic E-state index is 0.108. The van der Waals surface area contributed by atoms with Gasteiger partial charge in [0.1, 0.15) is 17.5 Å². The minimum Gasteiger partial charge on any atom is -0.356 e. The third-order valence-electron chi connectivity index (χ3n) is 5.33. The van der Waals surface area contributed by atoms with E-state index in [0.717, 1.165) is 43.5 Å². The van der Waals surface area contributed by atoms with Gasteiger partial charge >= 0.3 is 0 Å². The van der Waals surface area contributed by atoms with Crippen molar-refractivity contribution in [2.24, 2.45) is 4.99 Å². The van der Waals surface area contributed by atoms with Gasteiger partial charge in [-0.15, -0.1) is 0 Å². The summed E-state index contributed by atoms with van der Waals surface area (Å²) in [5.41, 5.74) is 1.52. The number of hydrogen-bond acceptors (Lipinski definition) is 3. The van der Waals surface area contributed by atoms with E-state index in [9.17, 15) is 8.78 Å². The van der Waals surface area contributed by atoms with E-state index in [-0.39, 0.29) is 5.92 Å². The van der Waals surface area contributed by atoms with Crippen LogP contribution >= 0.6 is 0 Å². The molecule has 1 aromatic carbocycles. The highest BCUT2D eigenvalue weighted by atomic mass is 19.1. The molecule has 2 aromatic rings. The highest BCUT2D eigenvalue weighted by molar-refractivity contribution is 5.80. The van der Waals surface area contributed by atoms with Crippen LogP contribution in [0.5, 0.6) is 0 Å². The molecule has 156 valence electrons. The predicted octanol–water partition coefficient (Wildman–Crippen LogP) is 3.61. The lowest BCUT2D eigenvalue weighted by Crippen LogP contribution is -2.49. The number of piperidine rings is 1. The number of guanidine groups is 1. The van der Waals surface area contributed by atoms with Gasteiger partial charge in [0.05, 0.1) is 0 Å². The van der Waals surface area contributed by atoms with E-state index in [1.54, 1.807) is 7.05 Å². The molecule has 1 aliphatic heterocycles. The molecule has 1 unspecified atom stereocenters. The van der Waals surface area contributed by atoms with Crippen LogP contribution in [-0.2, 0) is 0 Å². The van der Waals surface area contributed by atoms with Crippen LogP contribution in [-0.4, -0.2) is 43.7 Å². The Morgan fingerprint density at radius 1 is 1.24 bits per heavy atom. The second kappa shape index (κ2) is 9.67. The van der Waals surface area contributed by atoms with E-state index in [1.807, 2.05) is 26.0 Å². The standard InChI is InChI=1S/C22H29F2N5/c1-15(19-8-7-17(23)13-20(19)24)14-26-22(25-3)28-18-9-11-29(12-10-18)21-6-4-5-16(2)27-21/h4-8,13,15,18H,9-12,14H2,1-3H3,(H2,25,26,28). The topological polar surface area (TPSA) is 52.6 Å². The fourth-order valence-corrected chi connectivity index (χ4v) is 3.61. The van der Waals surface area contributed by atoms with Crippen molar-refractivity contribution >= 4 is 11.8 Å². The fraction of sp³-hybridized carbons (Fsp3) is 0.455. The number of anilines is 1. The first-order chi connectivity index (χ1) is 14.0. The number of benzene rings is 1. The molecule has 1 aliphatic rings. The first-order valence-electron chi connectivity index (χ1n) is 10.1. The van der Waals surface area contributed by atoms with Gasteiger partial charge in [-0.05, 0) is 43.5 Å². The number of nitrogens with one attached hydrogen (secondary N) is 2. The smallest absolute Gasteiger partial charge is 0.191 e. The normalized spacial score (nSPS) is 16.6. The summed E-state index contributed by atoms with van der Waals surface area (Å²) >= 11 is 0. The van der Waals surface area contributed by atoms with Crippen molar-refractivity contribution in [2.45, 2.75) is 38.6 Å². The zero-order valence-corrected chi connectivity index (χ0v) is 17.3. The Morgan fingerprint density at radius 2 is 2.00 bits per heavy atom. The molecule has 2 heterocycles. The van der Waals surface area contributed by atoms with Crippen molar-refractivity contribution in [3.05, 3.63) is 59.3 Å². The lowest BCUT2D eigenvalue weighted by atomic mass is 10.0. The van der Waals surface area contributed by atoms with Gasteiger partial charge in [0.15, 0.2) is 5.96 Å². The fourth-order valence-electron chi connectivity index (χ4n) is 3.61. The van der Waals surface area contributed by atoms with Crippen molar-refractivity contribution in [1.29, 1.82) is 0 Å². The molecule has 0 radical (unpaired) electrons. The van der Waals surface area contributed by atoms with Crippen molar-refractivity contribution in [1.82, 2.24) is 15.6 Å². The number of aromatic nitrogens is 1. The van der Waals surface area contributed by atoms with Crippen molar-refractivity contribution in [3.63, 3.8) is 0 Å². The zero-order valence-electron chi connectivity index (χ0n) is 17.3. The van der Waals surface area contributed by atoms with Crippen LogP contribution in [0.25, 0.3) is 0 Å². The highest BCUT2D eigenvalue weighted by Crippen LogP contribution is 2.20. The van der Waals surface area contributed by atoms with E-state index in [4.69, 9.17) is 0 Å². The number of halogens is 2. The van der Waals surface area contributed by atoms with Gasteiger partial charge in [-0.3, -0.25) is 4.99 Å². The van der Waals surface area contributed by atoms with Crippen LogP contribution in [0.2, 0.25) is 0 Å². The van der Waals surface area contributed by atoms with Gasteiger partial charge in [-0.2, -0.15) is 0 Å². The summed E-state index contributed by atoms with van der Waals surface area (Å²) in [5, 5.41) is 6.72. The molecule has 0 amide bonds. The number of aliphatic imine (C=N–C) groups is 1. The van der Waals surface area contributed by atoms with Gasteiger partial charge in [0, 0.05) is 50.4 Å². The number of pyridine rings is 1. The average molecular weight is 402 g/mol. The summed E-state index contributed by atoms with van der Waals surface area (Å²) in [5.74, 6) is 0.548. The Balaban J connectivity index is 1.48. The first kappa shape index (κ1) is 21.0. The van der Waals surface area contributed by atoms with Crippen molar-refractivity contribution < 1.29 is 8.78 Å². The molecule has 29 heavy (non-hydrogen) atoms. The van der Waals surface area contributed by atoms with E-state index in [2.05, 4.69) is 31.6 Å². The summed E-state index contributed by atoms with van der Waals surface area (Å²) in [4.78, 5) is 11.2. The van der Waals surface area contributed by atoms with E-state index in [0.29, 0.717) is 24.1 Å². The van der Waals surface area contributed by atoms with Gasteiger partial charge in [-0.1, -0.05) is 19.1 Å². The lowest BCUT2D eigenvalue weighted by molar-refractivity contribution is 0.458. The Labute approximate surface area is 171 Å². The third kappa shape index (κ3) is 5.65. The second-order valence-electron chi connectivity index (χ2n) is 7.56. The van der Waals surface area contributed by atoms with Crippen LogP contribution in [0.3, 0.4) is 0 Å². The Bertz CT molecular complexity index is 847. The summed E-state index contributed by atoms with van der Waals surface area (Å²) < 4.78 is 27.1. The second-order valence-corrected chi connectivity index (χ2v) is 7.56. The van der Waals surface area contributed by atoms with Crippen LogP contribution < -0.4 is 15.5 Å². The first-order valence-corrected chi connectivity index (χ1v) is 10.1. The van der Waals surface area contributed by atoms with E-state index >= 15 is 0 Å². The lowest BCUT2D eigenvalue weighted by Gasteiger charge is -2.34. The molecule has 1 saturated heterocycles. The Kier molecular flexibility index (Phi) is 7.01. The molecule has 7 heteroatoms. The molecule has 0 aliphatic carbocycles. The maximum atomic E-state index is 14.0.